The summed E-state index contributed by atoms with van der Waals surface area (Å²) in [5.74, 6) is -0.516. The Bertz CT molecular complexity index is 885. The molecule has 8 heteroatoms. The number of alkyl halides is 3. The summed E-state index contributed by atoms with van der Waals surface area (Å²) >= 11 is 1.31. The molecule has 1 aliphatic heterocycles. The third-order valence-electron chi connectivity index (χ3n) is 5.00. The van der Waals surface area contributed by atoms with Gasteiger partial charge < -0.3 is 4.74 Å². The van der Waals surface area contributed by atoms with Crippen LogP contribution in [0.5, 0.6) is 0 Å². The average molecular weight is 427 g/mol. The number of hydrogen-bond donors (Lipinski definition) is 0. The van der Waals surface area contributed by atoms with Crippen molar-refractivity contribution in [1.82, 2.24) is 4.90 Å². The van der Waals surface area contributed by atoms with Gasteiger partial charge in [0.15, 0.2) is 5.78 Å². The van der Waals surface area contributed by atoms with Crippen molar-refractivity contribution in [2.75, 3.05) is 26.7 Å². The molecule has 0 saturated carbocycles. The third kappa shape index (κ3) is 5.38. The molecule has 156 valence electrons. The van der Waals surface area contributed by atoms with Crippen LogP contribution in [0.25, 0.3) is 0 Å². The van der Waals surface area contributed by atoms with E-state index in [4.69, 9.17) is 4.74 Å². The molecule has 1 atom stereocenters. The zero-order valence-corrected chi connectivity index (χ0v) is 16.9. The van der Waals surface area contributed by atoms with Gasteiger partial charge in [-0.25, -0.2) is 4.39 Å². The van der Waals surface area contributed by atoms with E-state index in [0.717, 1.165) is 4.90 Å². The number of ether oxygens (including phenoxy) is 1. The van der Waals surface area contributed by atoms with Crippen LogP contribution in [-0.4, -0.2) is 43.6 Å². The van der Waals surface area contributed by atoms with E-state index in [2.05, 4.69) is 0 Å². The Kier molecular flexibility index (Phi) is 6.36. The van der Waals surface area contributed by atoms with Crippen LogP contribution >= 0.6 is 11.8 Å². The summed E-state index contributed by atoms with van der Waals surface area (Å²) in [6.07, 6.45) is -3.95. The number of benzene rings is 2. The van der Waals surface area contributed by atoms with Gasteiger partial charge in [-0.15, -0.1) is 0 Å². The average Bonchev–Trinajstić information content (AvgIpc) is 3.04. The van der Waals surface area contributed by atoms with Gasteiger partial charge >= 0.3 is 6.18 Å². The van der Waals surface area contributed by atoms with Crippen molar-refractivity contribution in [3.8, 4) is 0 Å². The minimum Gasteiger partial charge on any atom is -0.372 e. The number of carbonyl (C=O) groups is 1. The van der Waals surface area contributed by atoms with Crippen LogP contribution < -0.4 is 0 Å². The Morgan fingerprint density at radius 3 is 2.45 bits per heavy atom. The Labute approximate surface area is 171 Å². The Hall–Kier alpha value is -1.90. The monoisotopic (exact) mass is 427 g/mol. The van der Waals surface area contributed by atoms with E-state index < -0.39 is 24.1 Å². The molecule has 3 nitrogen and oxygen atoms in total. The second-order valence-corrected chi connectivity index (χ2v) is 8.28. The highest BCUT2D eigenvalue weighted by atomic mass is 32.2. The lowest BCUT2D eigenvalue weighted by Crippen LogP contribution is -2.37. The number of carbonyl (C=O) groups excluding carboxylic acids is 1. The second kappa shape index (κ2) is 8.45. The zero-order valence-electron chi connectivity index (χ0n) is 16.1. The fourth-order valence-corrected chi connectivity index (χ4v) is 4.45. The molecule has 3 rings (SSSR count). The van der Waals surface area contributed by atoms with E-state index >= 15 is 0 Å². The molecule has 2 aromatic carbocycles. The highest BCUT2D eigenvalue weighted by Gasteiger charge is 2.43. The number of Topliss-reactive ketones (excluding diaryl/α,β-unsaturated/α-hetero) is 1. The van der Waals surface area contributed by atoms with Crippen LogP contribution in [0.4, 0.5) is 17.6 Å². The predicted molar refractivity (Wildman–Crippen MR) is 103 cm³/mol. The summed E-state index contributed by atoms with van der Waals surface area (Å²) in [5, 5.41) is 0. The van der Waals surface area contributed by atoms with Crippen molar-refractivity contribution in [3.05, 3.63) is 59.4 Å². The summed E-state index contributed by atoms with van der Waals surface area (Å²) in [6, 6.07) is 11.4. The molecule has 1 aliphatic rings. The highest BCUT2D eigenvalue weighted by molar-refractivity contribution is 7.99. The van der Waals surface area contributed by atoms with Gasteiger partial charge in [-0.2, -0.15) is 13.2 Å². The smallest absolute Gasteiger partial charge is 0.372 e. The topological polar surface area (TPSA) is 29.5 Å². The fraction of sp³-hybridized carbons (Fsp3) is 0.381. The summed E-state index contributed by atoms with van der Waals surface area (Å²) in [6.45, 7) is 0.731. The SMILES string of the molecule is COC1(c2cc(F)cc(Sc3ccc(C(C)=O)cc3)c2)CCN(CC(F)(F)F)C1. The predicted octanol–water partition coefficient (Wildman–Crippen LogP) is 5.29. The van der Waals surface area contributed by atoms with E-state index in [9.17, 15) is 22.4 Å². The molecular weight excluding hydrogens is 406 g/mol. The van der Waals surface area contributed by atoms with E-state index in [1.54, 1.807) is 30.3 Å². The lowest BCUT2D eigenvalue weighted by Gasteiger charge is -2.29. The fourth-order valence-electron chi connectivity index (χ4n) is 3.55. The Balaban J connectivity index is 1.83. The van der Waals surface area contributed by atoms with Gasteiger partial charge in [0.25, 0.3) is 0 Å². The van der Waals surface area contributed by atoms with Gasteiger partial charge in [0.05, 0.1) is 6.54 Å². The summed E-state index contributed by atoms with van der Waals surface area (Å²) in [4.78, 5) is 14.1. The molecule has 0 aliphatic carbocycles. The number of likely N-dealkylation sites (tertiary alicyclic amines) is 1. The Morgan fingerprint density at radius 2 is 1.86 bits per heavy atom. The maximum absolute atomic E-state index is 14.3. The van der Waals surface area contributed by atoms with E-state index in [-0.39, 0.29) is 18.9 Å². The summed E-state index contributed by atoms with van der Waals surface area (Å²) in [7, 11) is 1.44. The highest BCUT2D eigenvalue weighted by Crippen LogP contribution is 2.39. The first-order valence-electron chi connectivity index (χ1n) is 9.04. The summed E-state index contributed by atoms with van der Waals surface area (Å²) < 4.78 is 58.2. The molecule has 1 heterocycles. The quantitative estimate of drug-likeness (QED) is 0.463. The first-order valence-corrected chi connectivity index (χ1v) is 9.86. The van der Waals surface area contributed by atoms with Gasteiger partial charge in [-0.3, -0.25) is 9.69 Å². The lowest BCUT2D eigenvalue weighted by atomic mass is 9.92. The molecule has 0 amide bonds. The van der Waals surface area contributed by atoms with Crippen molar-refractivity contribution in [2.45, 2.75) is 34.9 Å². The largest absolute Gasteiger partial charge is 0.401 e. The van der Waals surface area contributed by atoms with Gasteiger partial charge in [0.2, 0.25) is 0 Å². The van der Waals surface area contributed by atoms with Crippen LogP contribution in [0.15, 0.2) is 52.3 Å². The second-order valence-electron chi connectivity index (χ2n) is 7.13. The molecular formula is C21H21F4NO2S. The first kappa shape index (κ1) is 21.8. The number of methoxy groups -OCH3 is 1. The van der Waals surface area contributed by atoms with Crippen molar-refractivity contribution >= 4 is 17.5 Å². The van der Waals surface area contributed by atoms with Crippen LogP contribution in [0.3, 0.4) is 0 Å². The maximum Gasteiger partial charge on any atom is 0.401 e. The van der Waals surface area contributed by atoms with Crippen molar-refractivity contribution < 1.29 is 27.1 Å². The van der Waals surface area contributed by atoms with Crippen LogP contribution in [0.2, 0.25) is 0 Å². The number of halogens is 4. The van der Waals surface area contributed by atoms with Crippen LogP contribution in [-0.2, 0) is 10.3 Å². The van der Waals surface area contributed by atoms with Crippen molar-refractivity contribution in [2.24, 2.45) is 0 Å². The van der Waals surface area contributed by atoms with Crippen LogP contribution in [0.1, 0.15) is 29.3 Å². The van der Waals surface area contributed by atoms with Gasteiger partial charge in [0, 0.05) is 35.6 Å². The maximum atomic E-state index is 14.3. The molecule has 0 bridgehead atoms. The van der Waals surface area contributed by atoms with Gasteiger partial charge in [-0.1, -0.05) is 23.9 Å². The molecule has 0 aromatic heterocycles. The number of rotatable bonds is 6. The van der Waals surface area contributed by atoms with E-state index in [1.807, 2.05) is 0 Å². The van der Waals surface area contributed by atoms with E-state index in [1.165, 1.54) is 42.8 Å². The molecule has 1 saturated heterocycles. The minimum atomic E-state index is -4.29. The number of hydrogen-bond acceptors (Lipinski definition) is 4. The minimum absolute atomic E-state index is 0.0405. The zero-order chi connectivity index (χ0) is 21.2. The Morgan fingerprint density at radius 1 is 1.17 bits per heavy atom. The van der Waals surface area contributed by atoms with Gasteiger partial charge in [0.1, 0.15) is 11.4 Å². The molecule has 2 aromatic rings. The normalized spacial score (nSPS) is 20.2. The molecule has 0 N–H and O–H groups in total. The van der Waals surface area contributed by atoms with Crippen molar-refractivity contribution in [3.63, 3.8) is 0 Å². The summed E-state index contributed by atoms with van der Waals surface area (Å²) in [5.41, 5.74) is 0.122. The lowest BCUT2D eigenvalue weighted by molar-refractivity contribution is -0.146. The van der Waals surface area contributed by atoms with Crippen molar-refractivity contribution in [1.29, 1.82) is 0 Å². The number of ketones is 1. The van der Waals surface area contributed by atoms with Gasteiger partial charge in [-0.05, 0) is 49.2 Å². The standard InChI is InChI=1S/C21H21F4NO2S/c1-14(27)15-3-5-18(6-4-15)29-19-10-16(9-17(22)11-19)20(28-2)7-8-26(12-20)13-21(23,24)25/h3-6,9-11H,7-8,12-13H2,1-2H3. The molecule has 1 fully saturated rings. The van der Waals surface area contributed by atoms with E-state index in [0.29, 0.717) is 22.4 Å². The number of nitrogens with zero attached hydrogens (tertiary/aromatic N) is 1. The van der Waals surface area contributed by atoms with Crippen LogP contribution in [0, 0.1) is 5.82 Å². The molecule has 0 spiro atoms. The first-order chi connectivity index (χ1) is 13.6. The molecule has 1 unspecified atom stereocenters. The molecule has 29 heavy (non-hydrogen) atoms. The molecule has 0 radical (unpaired) electrons. The third-order valence-corrected chi connectivity index (χ3v) is 5.98.